The molecule has 1 aliphatic rings. The van der Waals surface area contributed by atoms with Crippen molar-refractivity contribution in [3.8, 4) is 17.2 Å². The van der Waals surface area contributed by atoms with Gasteiger partial charge in [0.15, 0.2) is 11.5 Å². The Balaban J connectivity index is 1.46. The summed E-state index contributed by atoms with van der Waals surface area (Å²) >= 11 is 0. The zero-order valence-corrected chi connectivity index (χ0v) is 14.6. The number of hydrogen-bond acceptors (Lipinski definition) is 4. The second-order valence-electron chi connectivity index (χ2n) is 6.12. The number of benzene rings is 2. The molecule has 0 aliphatic carbocycles. The number of nitrogens with one attached hydrogen (secondary N) is 2. The maximum absolute atomic E-state index is 12.9. The van der Waals surface area contributed by atoms with Crippen molar-refractivity contribution in [3.63, 3.8) is 0 Å². The van der Waals surface area contributed by atoms with Crippen LogP contribution in [-0.2, 0) is 0 Å². The molecule has 26 heavy (non-hydrogen) atoms. The Bertz CT molecular complexity index is 767. The first-order valence-corrected chi connectivity index (χ1v) is 8.36. The van der Waals surface area contributed by atoms with Gasteiger partial charge in [-0.1, -0.05) is 6.07 Å². The number of hydrogen-bond donors (Lipinski definition) is 2. The van der Waals surface area contributed by atoms with Crippen LogP contribution in [0.3, 0.4) is 0 Å². The molecule has 0 saturated carbocycles. The summed E-state index contributed by atoms with van der Waals surface area (Å²) in [5, 5.41) is 5.68. The minimum atomic E-state index is -0.319. The van der Waals surface area contributed by atoms with E-state index in [0.717, 1.165) is 5.56 Å². The molecule has 138 valence electrons. The van der Waals surface area contributed by atoms with Crippen LogP contribution < -0.4 is 24.8 Å². The van der Waals surface area contributed by atoms with E-state index < -0.39 is 0 Å². The zero-order chi connectivity index (χ0) is 18.5. The molecule has 7 heteroatoms. The Morgan fingerprint density at radius 2 is 1.85 bits per heavy atom. The summed E-state index contributed by atoms with van der Waals surface area (Å²) in [5.41, 5.74) is 0.916. The lowest BCUT2D eigenvalue weighted by molar-refractivity contribution is 0.174. The zero-order valence-electron chi connectivity index (χ0n) is 14.6. The van der Waals surface area contributed by atoms with Gasteiger partial charge in [0.25, 0.3) is 0 Å². The third kappa shape index (κ3) is 4.56. The third-order valence-electron chi connectivity index (χ3n) is 3.94. The van der Waals surface area contributed by atoms with Crippen molar-refractivity contribution in [2.75, 3.05) is 13.4 Å². The monoisotopic (exact) mass is 360 g/mol. The first-order valence-electron chi connectivity index (χ1n) is 8.36. The van der Waals surface area contributed by atoms with E-state index in [1.807, 2.05) is 32.0 Å². The van der Waals surface area contributed by atoms with Gasteiger partial charge < -0.3 is 24.8 Å². The second-order valence-corrected chi connectivity index (χ2v) is 6.12. The van der Waals surface area contributed by atoms with Gasteiger partial charge in [-0.05, 0) is 55.8 Å². The minimum Gasteiger partial charge on any atom is -0.491 e. The highest BCUT2D eigenvalue weighted by molar-refractivity contribution is 5.74. The fourth-order valence-electron chi connectivity index (χ4n) is 2.52. The number of urea groups is 1. The maximum atomic E-state index is 12.9. The normalized spacial score (nSPS) is 14.4. The minimum absolute atomic E-state index is 0.199. The fraction of sp³-hybridized carbons (Fsp3) is 0.316. The van der Waals surface area contributed by atoms with Crippen molar-refractivity contribution in [3.05, 3.63) is 53.8 Å². The number of carbonyl (C=O) groups excluding carboxylic acids is 1. The van der Waals surface area contributed by atoms with Gasteiger partial charge in [0.1, 0.15) is 18.2 Å². The quantitative estimate of drug-likeness (QED) is 0.829. The van der Waals surface area contributed by atoms with Crippen molar-refractivity contribution in [2.24, 2.45) is 0 Å². The molecule has 1 heterocycles. The van der Waals surface area contributed by atoms with E-state index in [4.69, 9.17) is 14.2 Å². The number of amides is 2. The van der Waals surface area contributed by atoms with Crippen LogP contribution in [0.15, 0.2) is 42.5 Å². The topological polar surface area (TPSA) is 68.8 Å². The summed E-state index contributed by atoms with van der Waals surface area (Å²) in [6, 6.07) is 10.6. The third-order valence-corrected chi connectivity index (χ3v) is 3.94. The van der Waals surface area contributed by atoms with Gasteiger partial charge in [0, 0.05) is 0 Å². The lowest BCUT2D eigenvalue weighted by atomic mass is 10.1. The number of halogens is 1. The van der Waals surface area contributed by atoms with Gasteiger partial charge in [-0.25, -0.2) is 9.18 Å². The van der Waals surface area contributed by atoms with Gasteiger partial charge in [-0.3, -0.25) is 0 Å². The van der Waals surface area contributed by atoms with Gasteiger partial charge in [0.2, 0.25) is 6.79 Å². The summed E-state index contributed by atoms with van der Waals surface area (Å²) in [7, 11) is 0. The first-order chi connectivity index (χ1) is 12.5. The standard InChI is InChI=1S/C19H21FN2O4/c1-12(10-24-16-6-4-15(20)5-7-16)21-19(23)22-13(2)14-3-8-17-18(9-14)26-11-25-17/h3-9,12-13H,10-11H2,1-2H3,(H2,21,22,23). The highest BCUT2D eigenvalue weighted by Gasteiger charge is 2.17. The molecule has 3 rings (SSSR count). The van der Waals surface area contributed by atoms with Crippen molar-refractivity contribution in [1.82, 2.24) is 10.6 Å². The Morgan fingerprint density at radius 3 is 2.62 bits per heavy atom. The molecule has 6 nitrogen and oxygen atoms in total. The van der Waals surface area contributed by atoms with Crippen molar-refractivity contribution in [2.45, 2.75) is 25.9 Å². The lowest BCUT2D eigenvalue weighted by Gasteiger charge is -2.19. The molecule has 0 spiro atoms. The van der Waals surface area contributed by atoms with Crippen LogP contribution >= 0.6 is 0 Å². The molecule has 2 atom stereocenters. The van der Waals surface area contributed by atoms with E-state index in [1.54, 1.807) is 12.1 Å². The molecule has 2 N–H and O–H groups in total. The van der Waals surface area contributed by atoms with Crippen LogP contribution in [0, 0.1) is 5.82 Å². The SMILES string of the molecule is CC(COc1ccc(F)cc1)NC(=O)NC(C)c1ccc2c(c1)OCO2. The van der Waals surface area contributed by atoms with E-state index in [2.05, 4.69) is 10.6 Å². The highest BCUT2D eigenvalue weighted by Crippen LogP contribution is 2.34. The summed E-state index contributed by atoms with van der Waals surface area (Å²) in [6.45, 7) is 4.20. The van der Waals surface area contributed by atoms with E-state index >= 15 is 0 Å². The Hall–Kier alpha value is -2.96. The van der Waals surface area contributed by atoms with Crippen LogP contribution in [0.5, 0.6) is 17.2 Å². The van der Waals surface area contributed by atoms with Crippen molar-refractivity contribution in [1.29, 1.82) is 0 Å². The van der Waals surface area contributed by atoms with Crippen LogP contribution in [-0.4, -0.2) is 25.5 Å². The van der Waals surface area contributed by atoms with Crippen LogP contribution in [0.25, 0.3) is 0 Å². The maximum Gasteiger partial charge on any atom is 0.315 e. The first kappa shape index (κ1) is 17.8. The Morgan fingerprint density at radius 1 is 1.12 bits per heavy atom. The average molecular weight is 360 g/mol. The van der Waals surface area contributed by atoms with Gasteiger partial charge in [-0.15, -0.1) is 0 Å². The lowest BCUT2D eigenvalue weighted by Crippen LogP contribution is -2.44. The fourth-order valence-corrected chi connectivity index (χ4v) is 2.52. The summed E-state index contributed by atoms with van der Waals surface area (Å²) in [4.78, 5) is 12.1. The molecule has 0 saturated heterocycles. The smallest absolute Gasteiger partial charge is 0.315 e. The highest BCUT2D eigenvalue weighted by atomic mass is 19.1. The Kier molecular flexibility index (Phi) is 5.46. The van der Waals surface area contributed by atoms with Gasteiger partial charge in [-0.2, -0.15) is 0 Å². The average Bonchev–Trinajstić information content (AvgIpc) is 3.08. The summed E-state index contributed by atoms with van der Waals surface area (Å²) < 4.78 is 29.0. The number of rotatable bonds is 6. The van der Waals surface area contributed by atoms with Crippen LogP contribution in [0.4, 0.5) is 9.18 Å². The van der Waals surface area contributed by atoms with Crippen molar-refractivity contribution >= 4 is 6.03 Å². The molecular weight excluding hydrogens is 339 g/mol. The Labute approximate surface area is 151 Å². The number of carbonyl (C=O) groups is 1. The summed E-state index contributed by atoms with van der Waals surface area (Å²) in [5.74, 6) is 1.61. The predicted molar refractivity (Wildman–Crippen MR) is 94.0 cm³/mol. The molecule has 2 aromatic rings. The largest absolute Gasteiger partial charge is 0.491 e. The van der Waals surface area contributed by atoms with Crippen LogP contribution in [0.1, 0.15) is 25.5 Å². The van der Waals surface area contributed by atoms with Crippen molar-refractivity contribution < 1.29 is 23.4 Å². The van der Waals surface area contributed by atoms with E-state index in [9.17, 15) is 9.18 Å². The molecule has 0 bridgehead atoms. The molecule has 0 fully saturated rings. The molecule has 0 aromatic heterocycles. The molecule has 2 amide bonds. The molecule has 1 aliphatic heterocycles. The molecule has 2 unspecified atom stereocenters. The predicted octanol–water partition coefficient (Wildman–Crippen LogP) is 3.38. The van der Waals surface area contributed by atoms with Gasteiger partial charge in [0.05, 0.1) is 12.1 Å². The number of ether oxygens (including phenoxy) is 3. The molecule has 2 aromatic carbocycles. The van der Waals surface area contributed by atoms with E-state index in [0.29, 0.717) is 17.2 Å². The second kappa shape index (κ2) is 7.95. The van der Waals surface area contributed by atoms with Gasteiger partial charge >= 0.3 is 6.03 Å². The molecule has 0 radical (unpaired) electrons. The summed E-state index contributed by atoms with van der Waals surface area (Å²) in [6.07, 6.45) is 0. The van der Waals surface area contributed by atoms with E-state index in [1.165, 1.54) is 12.1 Å². The molecular formula is C19H21FN2O4. The van der Waals surface area contributed by atoms with E-state index in [-0.39, 0.29) is 37.3 Å². The van der Waals surface area contributed by atoms with Crippen LogP contribution in [0.2, 0.25) is 0 Å². The number of fused-ring (bicyclic) bond motifs is 1.